The monoisotopic (exact) mass is 238 g/mol. The zero-order valence-electron chi connectivity index (χ0n) is 9.10. The topological polar surface area (TPSA) is 49.4 Å². The van der Waals surface area contributed by atoms with E-state index in [9.17, 15) is 9.59 Å². The number of rotatable bonds is 4. The molecule has 0 fully saturated rings. The Kier molecular flexibility index (Phi) is 3.33. The van der Waals surface area contributed by atoms with E-state index in [0.717, 1.165) is 23.4 Å². The molecule has 0 spiro atoms. The van der Waals surface area contributed by atoms with E-state index >= 15 is 0 Å². The fraction of sp³-hybridized carbons (Fsp3) is 0.455. The number of ketones is 1. The molecule has 1 N–H and O–H groups in total. The lowest BCUT2D eigenvalue weighted by molar-refractivity contribution is -0.114. The van der Waals surface area contributed by atoms with Gasteiger partial charge >= 0.3 is 0 Å². The van der Waals surface area contributed by atoms with E-state index in [2.05, 4.69) is 10.2 Å². The number of nitrogens with zero attached hydrogens (tertiary/aromatic N) is 1. The Labute approximate surface area is 98.8 Å². The van der Waals surface area contributed by atoms with Crippen LogP contribution in [-0.4, -0.2) is 36.1 Å². The minimum Gasteiger partial charge on any atom is -0.362 e. The molecule has 16 heavy (non-hydrogen) atoms. The lowest BCUT2D eigenvalue weighted by Crippen LogP contribution is -2.27. The van der Waals surface area contributed by atoms with Gasteiger partial charge in [0.2, 0.25) is 6.41 Å². The molecule has 1 aliphatic carbocycles. The molecule has 0 saturated heterocycles. The Bertz CT molecular complexity index is 376. The van der Waals surface area contributed by atoms with Crippen molar-refractivity contribution >= 4 is 24.0 Å². The zero-order valence-corrected chi connectivity index (χ0v) is 9.92. The van der Waals surface area contributed by atoms with Gasteiger partial charge < -0.3 is 10.2 Å². The number of thioether (sulfide) groups is 1. The molecular formula is C11H14N2O2S. The first kappa shape index (κ1) is 11.3. The van der Waals surface area contributed by atoms with Crippen molar-refractivity contribution < 1.29 is 9.59 Å². The summed E-state index contributed by atoms with van der Waals surface area (Å²) in [6, 6.07) is 0. The third-order valence-corrected chi connectivity index (χ3v) is 4.22. The summed E-state index contributed by atoms with van der Waals surface area (Å²) in [6.07, 6.45) is 5.66. The van der Waals surface area contributed by atoms with E-state index in [1.54, 1.807) is 17.8 Å². The number of amides is 1. The average molecular weight is 238 g/mol. The van der Waals surface area contributed by atoms with Crippen LogP contribution in [-0.2, 0) is 9.59 Å². The first-order chi connectivity index (χ1) is 7.72. The van der Waals surface area contributed by atoms with Crippen LogP contribution in [0.3, 0.4) is 0 Å². The van der Waals surface area contributed by atoms with Gasteiger partial charge in [0.15, 0.2) is 5.78 Å². The molecule has 0 aromatic heterocycles. The van der Waals surface area contributed by atoms with E-state index < -0.39 is 0 Å². The quantitative estimate of drug-likeness (QED) is 0.583. The van der Waals surface area contributed by atoms with Crippen LogP contribution in [0, 0.1) is 0 Å². The van der Waals surface area contributed by atoms with Crippen molar-refractivity contribution in [3.8, 4) is 0 Å². The van der Waals surface area contributed by atoms with Crippen LogP contribution in [0.1, 0.15) is 12.8 Å². The standard InChI is InChI=1S/C11H14N2O2S/c1-13-9-3-2-8(15)6-10(9)16-11(13)4-5-12-7-14/h2-3,7,11H,4-6H2,1H3,(H,12,14). The summed E-state index contributed by atoms with van der Waals surface area (Å²) >= 11 is 1.73. The second-order valence-electron chi connectivity index (χ2n) is 3.83. The molecule has 4 nitrogen and oxygen atoms in total. The number of hydrogen-bond donors (Lipinski definition) is 1. The summed E-state index contributed by atoms with van der Waals surface area (Å²) in [7, 11) is 2.03. The molecule has 1 heterocycles. The van der Waals surface area contributed by atoms with Crippen LogP contribution in [0.5, 0.6) is 0 Å². The van der Waals surface area contributed by atoms with Gasteiger partial charge in [-0.3, -0.25) is 9.59 Å². The van der Waals surface area contributed by atoms with Crippen molar-refractivity contribution in [2.45, 2.75) is 18.2 Å². The lowest BCUT2D eigenvalue weighted by atomic mass is 10.1. The Morgan fingerprint density at radius 2 is 2.44 bits per heavy atom. The Hall–Kier alpha value is -1.23. The molecular weight excluding hydrogens is 224 g/mol. The zero-order chi connectivity index (χ0) is 11.5. The predicted octanol–water partition coefficient (Wildman–Crippen LogP) is 0.868. The molecule has 2 aliphatic rings. The summed E-state index contributed by atoms with van der Waals surface area (Å²) in [6.45, 7) is 0.670. The molecule has 1 aliphatic heterocycles. The highest BCUT2D eigenvalue weighted by atomic mass is 32.2. The van der Waals surface area contributed by atoms with Gasteiger partial charge in [0.1, 0.15) is 0 Å². The summed E-state index contributed by atoms with van der Waals surface area (Å²) in [4.78, 5) is 24.8. The second-order valence-corrected chi connectivity index (χ2v) is 5.10. The smallest absolute Gasteiger partial charge is 0.207 e. The van der Waals surface area contributed by atoms with Crippen LogP contribution in [0.2, 0.25) is 0 Å². The van der Waals surface area contributed by atoms with Crippen LogP contribution < -0.4 is 5.32 Å². The second kappa shape index (κ2) is 4.74. The molecule has 86 valence electrons. The van der Waals surface area contributed by atoms with Gasteiger partial charge in [-0.15, -0.1) is 11.8 Å². The number of carbonyl (C=O) groups is 2. The first-order valence-corrected chi connectivity index (χ1v) is 6.11. The lowest BCUT2D eigenvalue weighted by Gasteiger charge is -2.22. The average Bonchev–Trinajstić information content (AvgIpc) is 2.56. The first-order valence-electron chi connectivity index (χ1n) is 5.23. The number of likely N-dealkylation sites (N-methyl/N-ethyl adjacent to an activating group) is 1. The molecule has 5 heteroatoms. The molecule has 1 atom stereocenters. The van der Waals surface area contributed by atoms with Gasteiger partial charge in [-0.25, -0.2) is 0 Å². The maximum Gasteiger partial charge on any atom is 0.207 e. The maximum atomic E-state index is 11.3. The van der Waals surface area contributed by atoms with Crippen molar-refractivity contribution in [3.05, 3.63) is 22.8 Å². The van der Waals surface area contributed by atoms with Gasteiger partial charge in [-0.05, 0) is 18.6 Å². The van der Waals surface area contributed by atoms with E-state index in [1.807, 2.05) is 13.1 Å². The van der Waals surface area contributed by atoms with E-state index in [0.29, 0.717) is 18.3 Å². The van der Waals surface area contributed by atoms with Gasteiger partial charge in [-0.1, -0.05) is 0 Å². The SMILES string of the molecule is CN1C2=C(CC(=O)C=C2)SC1CCNC=O. The summed E-state index contributed by atoms with van der Waals surface area (Å²) in [5.74, 6) is 0.173. The Balaban J connectivity index is 1.96. The number of allylic oxidation sites excluding steroid dienone is 3. The highest BCUT2D eigenvalue weighted by Crippen LogP contribution is 2.42. The third kappa shape index (κ3) is 2.14. The fourth-order valence-electron chi connectivity index (χ4n) is 1.91. The van der Waals surface area contributed by atoms with Crippen LogP contribution in [0.25, 0.3) is 0 Å². The fourth-order valence-corrected chi connectivity index (χ4v) is 3.30. The van der Waals surface area contributed by atoms with E-state index in [1.165, 1.54) is 0 Å². The molecule has 2 rings (SSSR count). The van der Waals surface area contributed by atoms with Crippen molar-refractivity contribution in [3.63, 3.8) is 0 Å². The molecule has 0 radical (unpaired) electrons. The highest BCUT2D eigenvalue weighted by Gasteiger charge is 2.30. The molecule has 1 unspecified atom stereocenters. The van der Waals surface area contributed by atoms with E-state index in [-0.39, 0.29) is 5.78 Å². The third-order valence-electron chi connectivity index (χ3n) is 2.76. The predicted molar refractivity (Wildman–Crippen MR) is 63.6 cm³/mol. The number of hydrogen-bond acceptors (Lipinski definition) is 4. The van der Waals surface area contributed by atoms with Gasteiger partial charge in [0.25, 0.3) is 0 Å². The minimum atomic E-state index is 0.173. The van der Waals surface area contributed by atoms with Crippen molar-refractivity contribution in [2.24, 2.45) is 0 Å². The molecule has 0 saturated carbocycles. The molecule has 1 amide bonds. The van der Waals surface area contributed by atoms with Crippen LogP contribution in [0.15, 0.2) is 22.8 Å². The largest absolute Gasteiger partial charge is 0.362 e. The Morgan fingerprint density at radius 3 is 3.19 bits per heavy atom. The molecule has 0 aromatic carbocycles. The number of nitrogens with one attached hydrogen (secondary N) is 1. The maximum absolute atomic E-state index is 11.3. The van der Waals surface area contributed by atoms with E-state index in [4.69, 9.17) is 0 Å². The number of carbonyl (C=O) groups excluding carboxylic acids is 2. The van der Waals surface area contributed by atoms with Crippen LogP contribution in [0.4, 0.5) is 0 Å². The van der Waals surface area contributed by atoms with Crippen molar-refractivity contribution in [1.29, 1.82) is 0 Å². The van der Waals surface area contributed by atoms with Gasteiger partial charge in [-0.2, -0.15) is 0 Å². The van der Waals surface area contributed by atoms with Gasteiger partial charge in [0, 0.05) is 30.6 Å². The van der Waals surface area contributed by atoms with Gasteiger partial charge in [0.05, 0.1) is 5.37 Å². The summed E-state index contributed by atoms with van der Waals surface area (Å²) < 4.78 is 0. The van der Waals surface area contributed by atoms with Crippen molar-refractivity contribution in [1.82, 2.24) is 10.2 Å². The summed E-state index contributed by atoms with van der Waals surface area (Å²) in [5, 5.41) is 2.99. The normalized spacial score (nSPS) is 23.7. The molecule has 0 aromatic rings. The minimum absolute atomic E-state index is 0.173. The van der Waals surface area contributed by atoms with Crippen molar-refractivity contribution in [2.75, 3.05) is 13.6 Å². The highest BCUT2D eigenvalue weighted by molar-refractivity contribution is 8.03. The van der Waals surface area contributed by atoms with Crippen LogP contribution >= 0.6 is 11.8 Å². The summed E-state index contributed by atoms with van der Waals surface area (Å²) in [5.41, 5.74) is 1.15. The molecule has 0 bridgehead atoms. The Morgan fingerprint density at radius 1 is 1.62 bits per heavy atom.